The summed E-state index contributed by atoms with van der Waals surface area (Å²) < 4.78 is 1.59. The van der Waals surface area contributed by atoms with Crippen molar-refractivity contribution in [1.82, 2.24) is 35.1 Å². The number of fused-ring (bicyclic) bond motifs is 1. The van der Waals surface area contributed by atoms with Crippen LogP contribution in [0.3, 0.4) is 0 Å². The number of likely N-dealkylation sites (tertiary alicyclic amines) is 1. The van der Waals surface area contributed by atoms with Gasteiger partial charge in [-0.15, -0.1) is 5.10 Å². The summed E-state index contributed by atoms with van der Waals surface area (Å²) in [6, 6.07) is 3.93. The molecular formula is C21H27N7O. The third-order valence-electron chi connectivity index (χ3n) is 5.53. The van der Waals surface area contributed by atoms with E-state index in [9.17, 15) is 4.79 Å². The lowest BCUT2D eigenvalue weighted by Gasteiger charge is -2.32. The molecule has 8 heteroatoms. The quantitative estimate of drug-likeness (QED) is 0.635. The van der Waals surface area contributed by atoms with Crippen molar-refractivity contribution in [3.8, 4) is 11.5 Å². The Morgan fingerprint density at radius 1 is 1.14 bits per heavy atom. The van der Waals surface area contributed by atoms with E-state index in [-0.39, 0.29) is 5.92 Å². The molecule has 3 aromatic rings. The second kappa shape index (κ2) is 8.32. The number of hydrogen-bond acceptors (Lipinski definition) is 7. The Morgan fingerprint density at radius 3 is 2.59 bits per heavy atom. The Bertz CT molecular complexity index is 1010. The zero-order valence-corrected chi connectivity index (χ0v) is 17.2. The van der Waals surface area contributed by atoms with E-state index in [2.05, 4.69) is 44.2 Å². The van der Waals surface area contributed by atoms with E-state index < -0.39 is 0 Å². The van der Waals surface area contributed by atoms with Gasteiger partial charge in [-0.1, -0.05) is 13.8 Å². The SMILES string of the molecule is CC(C)CN1CCC(C(=O)Cc2cc3cc(-c4nnnn4C)ncc3cn2)CC1. The Kier molecular flexibility index (Phi) is 5.62. The standard InChI is InChI=1S/C21H27N7O/c1-14(2)13-28-6-4-15(5-7-28)20(29)10-18-8-16-9-19(21-24-25-26-27(21)3)23-12-17(16)11-22-18/h8-9,11-12,14-15H,4-7,10,13H2,1-3H3. The first kappa shape index (κ1) is 19.6. The van der Waals surface area contributed by atoms with Crippen molar-refractivity contribution >= 4 is 16.6 Å². The molecular weight excluding hydrogens is 366 g/mol. The summed E-state index contributed by atoms with van der Waals surface area (Å²) in [5, 5.41) is 13.5. The zero-order valence-electron chi connectivity index (χ0n) is 17.2. The number of carbonyl (C=O) groups is 1. The molecule has 0 N–H and O–H groups in total. The minimum atomic E-state index is 0.147. The van der Waals surface area contributed by atoms with Gasteiger partial charge in [0.25, 0.3) is 0 Å². The van der Waals surface area contributed by atoms with Gasteiger partial charge in [-0.25, -0.2) is 4.68 Å². The highest BCUT2D eigenvalue weighted by Gasteiger charge is 2.25. The molecule has 0 aliphatic carbocycles. The molecule has 0 radical (unpaired) electrons. The molecule has 0 amide bonds. The van der Waals surface area contributed by atoms with E-state index in [0.717, 1.165) is 48.9 Å². The Hall–Kier alpha value is -2.74. The number of rotatable bonds is 6. The predicted molar refractivity (Wildman–Crippen MR) is 110 cm³/mol. The van der Waals surface area contributed by atoms with Gasteiger partial charge >= 0.3 is 0 Å². The highest BCUT2D eigenvalue weighted by Crippen LogP contribution is 2.23. The first-order valence-electron chi connectivity index (χ1n) is 10.2. The van der Waals surface area contributed by atoms with Crippen molar-refractivity contribution in [2.45, 2.75) is 33.1 Å². The van der Waals surface area contributed by atoms with Crippen LogP contribution >= 0.6 is 0 Å². The first-order chi connectivity index (χ1) is 14.0. The number of pyridine rings is 2. The van der Waals surface area contributed by atoms with Gasteiger partial charge in [-0.2, -0.15) is 0 Å². The van der Waals surface area contributed by atoms with Gasteiger partial charge in [-0.05, 0) is 59.8 Å². The van der Waals surface area contributed by atoms with Crippen molar-refractivity contribution in [2.24, 2.45) is 18.9 Å². The highest BCUT2D eigenvalue weighted by atomic mass is 16.1. The third kappa shape index (κ3) is 4.48. The monoisotopic (exact) mass is 393 g/mol. The fourth-order valence-corrected chi connectivity index (χ4v) is 4.03. The molecule has 8 nitrogen and oxygen atoms in total. The van der Waals surface area contributed by atoms with Crippen LogP contribution in [0, 0.1) is 11.8 Å². The van der Waals surface area contributed by atoms with Crippen LogP contribution in [0.1, 0.15) is 32.4 Å². The molecule has 29 heavy (non-hydrogen) atoms. The van der Waals surface area contributed by atoms with Crippen molar-refractivity contribution in [2.75, 3.05) is 19.6 Å². The fourth-order valence-electron chi connectivity index (χ4n) is 4.03. The maximum absolute atomic E-state index is 12.8. The van der Waals surface area contributed by atoms with Gasteiger partial charge in [-0.3, -0.25) is 14.8 Å². The number of tetrazole rings is 1. The van der Waals surface area contributed by atoms with E-state index in [0.29, 0.717) is 29.6 Å². The first-order valence-corrected chi connectivity index (χ1v) is 10.2. The predicted octanol–water partition coefficient (Wildman–Crippen LogP) is 2.30. The molecule has 152 valence electrons. The minimum absolute atomic E-state index is 0.147. The van der Waals surface area contributed by atoms with Crippen molar-refractivity contribution in [3.05, 3.63) is 30.2 Å². The summed E-state index contributed by atoms with van der Waals surface area (Å²) in [6.07, 6.45) is 5.84. The average molecular weight is 393 g/mol. The van der Waals surface area contributed by atoms with Crippen molar-refractivity contribution in [1.29, 1.82) is 0 Å². The van der Waals surface area contributed by atoms with Crippen LogP contribution in [0.4, 0.5) is 0 Å². The van der Waals surface area contributed by atoms with Gasteiger partial charge in [0.2, 0.25) is 0 Å². The molecule has 0 bridgehead atoms. The summed E-state index contributed by atoms with van der Waals surface area (Å²) in [6.45, 7) is 7.63. The Labute approximate surface area is 170 Å². The van der Waals surface area contributed by atoms with E-state index in [1.807, 2.05) is 12.1 Å². The largest absolute Gasteiger partial charge is 0.303 e. The van der Waals surface area contributed by atoms with Gasteiger partial charge in [0, 0.05) is 49.4 Å². The van der Waals surface area contributed by atoms with Crippen LogP contribution in [0.2, 0.25) is 0 Å². The lowest BCUT2D eigenvalue weighted by molar-refractivity contribution is -0.123. The minimum Gasteiger partial charge on any atom is -0.303 e. The van der Waals surface area contributed by atoms with Crippen LogP contribution in [-0.4, -0.2) is 60.5 Å². The van der Waals surface area contributed by atoms with Crippen molar-refractivity contribution < 1.29 is 4.79 Å². The topological polar surface area (TPSA) is 89.7 Å². The average Bonchev–Trinajstić information content (AvgIpc) is 3.13. The van der Waals surface area contributed by atoms with E-state index >= 15 is 0 Å². The summed E-state index contributed by atoms with van der Waals surface area (Å²) in [5.41, 5.74) is 1.51. The van der Waals surface area contributed by atoms with Crippen LogP contribution in [0.5, 0.6) is 0 Å². The summed E-state index contributed by atoms with van der Waals surface area (Å²) in [4.78, 5) is 24.2. The summed E-state index contributed by atoms with van der Waals surface area (Å²) in [7, 11) is 1.78. The molecule has 0 atom stereocenters. The second-order valence-corrected chi connectivity index (χ2v) is 8.33. The molecule has 4 rings (SSSR count). The number of aryl methyl sites for hydroxylation is 1. The van der Waals surface area contributed by atoms with Gasteiger partial charge < -0.3 is 4.90 Å². The van der Waals surface area contributed by atoms with Crippen LogP contribution in [-0.2, 0) is 18.3 Å². The van der Waals surface area contributed by atoms with Crippen molar-refractivity contribution in [3.63, 3.8) is 0 Å². The Morgan fingerprint density at radius 2 is 1.90 bits per heavy atom. The Balaban J connectivity index is 1.45. The molecule has 4 heterocycles. The molecule has 1 aliphatic heterocycles. The maximum atomic E-state index is 12.8. The molecule has 0 unspecified atom stereocenters. The lowest BCUT2D eigenvalue weighted by Crippen LogP contribution is -2.38. The van der Waals surface area contributed by atoms with Gasteiger partial charge in [0.05, 0.1) is 0 Å². The van der Waals surface area contributed by atoms with Crippen LogP contribution < -0.4 is 0 Å². The molecule has 0 spiro atoms. The third-order valence-corrected chi connectivity index (χ3v) is 5.53. The van der Waals surface area contributed by atoms with Crippen LogP contribution in [0.25, 0.3) is 22.3 Å². The number of hydrogen-bond donors (Lipinski definition) is 0. The number of piperidine rings is 1. The smallest absolute Gasteiger partial charge is 0.200 e. The summed E-state index contributed by atoms with van der Waals surface area (Å²) in [5.74, 6) is 1.72. The molecule has 0 aromatic carbocycles. The second-order valence-electron chi connectivity index (χ2n) is 8.33. The summed E-state index contributed by atoms with van der Waals surface area (Å²) >= 11 is 0. The molecule has 1 saturated heterocycles. The normalized spacial score (nSPS) is 16.0. The number of aromatic nitrogens is 6. The van der Waals surface area contributed by atoms with Gasteiger partial charge in [0.15, 0.2) is 5.82 Å². The number of Topliss-reactive ketones (excluding diaryl/α,β-unsaturated/α-hetero) is 1. The zero-order chi connectivity index (χ0) is 20.4. The number of carbonyl (C=O) groups excluding carboxylic acids is 1. The molecule has 3 aromatic heterocycles. The lowest BCUT2D eigenvalue weighted by atomic mass is 9.89. The highest BCUT2D eigenvalue weighted by molar-refractivity contribution is 5.87. The maximum Gasteiger partial charge on any atom is 0.200 e. The van der Waals surface area contributed by atoms with E-state index in [4.69, 9.17) is 0 Å². The number of nitrogens with zero attached hydrogens (tertiary/aromatic N) is 7. The fraction of sp³-hybridized carbons (Fsp3) is 0.524. The molecule has 1 aliphatic rings. The van der Waals surface area contributed by atoms with Crippen LogP contribution in [0.15, 0.2) is 24.5 Å². The number of ketones is 1. The van der Waals surface area contributed by atoms with E-state index in [1.165, 1.54) is 0 Å². The molecule has 1 fully saturated rings. The van der Waals surface area contributed by atoms with E-state index in [1.54, 1.807) is 24.1 Å². The molecule has 0 saturated carbocycles. The van der Waals surface area contributed by atoms with Gasteiger partial charge in [0.1, 0.15) is 11.5 Å².